The number of sulfone groups is 2. The Labute approximate surface area is 164 Å². The predicted octanol–water partition coefficient (Wildman–Crippen LogP) is 0.958. The fourth-order valence-corrected chi connectivity index (χ4v) is 9.04. The van der Waals surface area contributed by atoms with E-state index in [1.807, 2.05) is 0 Å². The maximum atomic E-state index is 14.3. The minimum atomic E-state index is -4.18. The molecule has 156 valence electrons. The lowest BCUT2D eigenvalue weighted by Gasteiger charge is -2.36. The van der Waals surface area contributed by atoms with E-state index >= 15 is 0 Å². The van der Waals surface area contributed by atoms with Crippen LogP contribution in [-0.4, -0.2) is 70.7 Å². The lowest BCUT2D eigenvalue weighted by Crippen LogP contribution is -2.50. The molecule has 28 heavy (non-hydrogen) atoms. The van der Waals surface area contributed by atoms with Gasteiger partial charge < -0.3 is 4.74 Å². The summed E-state index contributed by atoms with van der Waals surface area (Å²) in [6.07, 6.45) is 0.934. The molecule has 1 aromatic carbocycles. The number of rotatable bonds is 4. The third-order valence-electron chi connectivity index (χ3n) is 5.60. The number of esters is 1. The van der Waals surface area contributed by atoms with Crippen molar-refractivity contribution >= 4 is 25.6 Å². The molecule has 0 saturated carbocycles. The summed E-state index contributed by atoms with van der Waals surface area (Å²) in [6, 6.07) is 3.04. The van der Waals surface area contributed by atoms with Crippen LogP contribution in [-0.2, 0) is 29.2 Å². The van der Waals surface area contributed by atoms with Crippen molar-refractivity contribution in [3.63, 3.8) is 0 Å². The number of benzene rings is 1. The van der Waals surface area contributed by atoms with Crippen LogP contribution in [0.5, 0.6) is 0 Å². The van der Waals surface area contributed by atoms with Gasteiger partial charge in [0.25, 0.3) is 0 Å². The highest BCUT2D eigenvalue weighted by Crippen LogP contribution is 2.32. The van der Waals surface area contributed by atoms with Crippen LogP contribution in [0.15, 0.2) is 23.1 Å². The van der Waals surface area contributed by atoms with Crippen LogP contribution >= 0.6 is 0 Å². The molecule has 0 spiro atoms. The van der Waals surface area contributed by atoms with Gasteiger partial charge >= 0.3 is 5.97 Å². The molecule has 2 aliphatic rings. The molecule has 0 N–H and O–H groups in total. The Hall–Kier alpha value is -1.52. The molecule has 2 saturated heterocycles. The van der Waals surface area contributed by atoms with Gasteiger partial charge in [0.15, 0.2) is 19.7 Å². The van der Waals surface area contributed by atoms with Gasteiger partial charge in [0.2, 0.25) is 0 Å². The monoisotopic (exact) mass is 433 g/mol. The Morgan fingerprint density at radius 1 is 1.21 bits per heavy atom. The normalized spacial score (nSPS) is 26.2. The Bertz CT molecular complexity index is 968. The van der Waals surface area contributed by atoms with E-state index in [0.717, 1.165) is 6.07 Å². The first-order chi connectivity index (χ1) is 13.0. The fraction of sp³-hybridized carbons (Fsp3) is 0.611. The summed E-state index contributed by atoms with van der Waals surface area (Å²) in [4.78, 5) is 13.1. The van der Waals surface area contributed by atoms with E-state index < -0.39 is 47.4 Å². The quantitative estimate of drug-likeness (QED) is 0.652. The predicted molar refractivity (Wildman–Crippen MR) is 101 cm³/mol. The molecule has 0 bridgehead atoms. The number of hydrogen-bond donors (Lipinski definition) is 0. The lowest BCUT2D eigenvalue weighted by atomic mass is 9.95. The Balaban J connectivity index is 1.89. The van der Waals surface area contributed by atoms with Crippen LogP contribution in [0.3, 0.4) is 0 Å². The highest BCUT2D eigenvalue weighted by atomic mass is 32.2. The van der Waals surface area contributed by atoms with Crippen molar-refractivity contribution in [2.75, 3.05) is 31.7 Å². The van der Waals surface area contributed by atoms with Crippen molar-refractivity contribution < 1.29 is 30.8 Å². The molecular weight excluding hydrogens is 409 g/mol. The molecular formula is C18H24FNO6S2. The Morgan fingerprint density at radius 2 is 1.86 bits per heavy atom. The highest BCUT2D eigenvalue weighted by Gasteiger charge is 2.49. The van der Waals surface area contributed by atoms with E-state index in [0.29, 0.717) is 31.5 Å². The van der Waals surface area contributed by atoms with Crippen molar-refractivity contribution in [1.29, 1.82) is 0 Å². The second-order valence-electron chi connectivity index (χ2n) is 7.49. The highest BCUT2D eigenvalue weighted by molar-refractivity contribution is 7.96. The summed E-state index contributed by atoms with van der Waals surface area (Å²) in [6.45, 7) is 2.43. The van der Waals surface area contributed by atoms with Crippen LogP contribution in [0.2, 0.25) is 0 Å². The summed E-state index contributed by atoms with van der Waals surface area (Å²) in [7, 11) is -6.44. The molecule has 10 heteroatoms. The summed E-state index contributed by atoms with van der Waals surface area (Å²) in [5, 5.41) is -1.23. The van der Waals surface area contributed by atoms with Gasteiger partial charge in [0, 0.05) is 6.04 Å². The second-order valence-corrected chi connectivity index (χ2v) is 11.8. The molecule has 0 aromatic heterocycles. The van der Waals surface area contributed by atoms with Crippen LogP contribution in [0.25, 0.3) is 0 Å². The van der Waals surface area contributed by atoms with Crippen LogP contribution in [0.1, 0.15) is 18.4 Å². The van der Waals surface area contributed by atoms with E-state index in [1.54, 1.807) is 11.8 Å². The number of nitrogens with zero attached hydrogens (tertiary/aromatic N) is 1. The minimum absolute atomic E-state index is 0.275. The first-order valence-electron chi connectivity index (χ1n) is 9.07. The first kappa shape index (κ1) is 21.2. The van der Waals surface area contributed by atoms with E-state index in [1.165, 1.54) is 19.2 Å². The minimum Gasteiger partial charge on any atom is -0.469 e. The van der Waals surface area contributed by atoms with Crippen molar-refractivity contribution in [2.24, 2.45) is 5.92 Å². The van der Waals surface area contributed by atoms with E-state index in [4.69, 9.17) is 4.74 Å². The zero-order valence-corrected chi connectivity index (χ0v) is 17.4. The number of piperidine rings is 1. The number of ether oxygens (including phenoxy) is 1. The molecule has 1 aromatic rings. The molecule has 0 unspecified atom stereocenters. The van der Waals surface area contributed by atoms with Crippen molar-refractivity contribution in [2.45, 2.75) is 36.0 Å². The number of hydrogen-bond acceptors (Lipinski definition) is 7. The van der Waals surface area contributed by atoms with Crippen LogP contribution < -0.4 is 0 Å². The Kier molecular flexibility index (Phi) is 5.84. The zero-order chi connectivity index (χ0) is 20.7. The van der Waals surface area contributed by atoms with Crippen LogP contribution in [0, 0.1) is 18.7 Å². The maximum absolute atomic E-state index is 14.3. The summed E-state index contributed by atoms with van der Waals surface area (Å²) >= 11 is 0. The average molecular weight is 434 g/mol. The molecule has 3 rings (SSSR count). The summed E-state index contributed by atoms with van der Waals surface area (Å²) < 4.78 is 69.9. The third kappa shape index (κ3) is 4.08. The summed E-state index contributed by atoms with van der Waals surface area (Å²) in [5.41, 5.74) is 0.580. The van der Waals surface area contributed by atoms with Crippen LogP contribution in [0.4, 0.5) is 4.39 Å². The van der Waals surface area contributed by atoms with Crippen molar-refractivity contribution in [1.82, 2.24) is 4.90 Å². The topological polar surface area (TPSA) is 97.8 Å². The van der Waals surface area contributed by atoms with E-state index in [2.05, 4.69) is 0 Å². The van der Waals surface area contributed by atoms with E-state index in [9.17, 15) is 26.0 Å². The van der Waals surface area contributed by atoms with Gasteiger partial charge in [-0.2, -0.15) is 0 Å². The lowest BCUT2D eigenvalue weighted by molar-refractivity contribution is -0.147. The number of methoxy groups -OCH3 is 1. The van der Waals surface area contributed by atoms with Gasteiger partial charge in [-0.15, -0.1) is 0 Å². The number of aryl methyl sites for hydroxylation is 1. The molecule has 2 aliphatic heterocycles. The van der Waals surface area contributed by atoms with Gasteiger partial charge in [-0.25, -0.2) is 21.2 Å². The van der Waals surface area contributed by atoms with Gasteiger partial charge in [0.05, 0.1) is 29.8 Å². The number of halogens is 1. The summed E-state index contributed by atoms with van der Waals surface area (Å²) in [5.74, 6) is -2.27. The smallest absolute Gasteiger partial charge is 0.308 e. The molecule has 2 fully saturated rings. The van der Waals surface area contributed by atoms with Gasteiger partial charge in [0.1, 0.15) is 10.7 Å². The van der Waals surface area contributed by atoms with Gasteiger partial charge in [-0.1, -0.05) is 6.07 Å². The zero-order valence-electron chi connectivity index (χ0n) is 15.8. The first-order valence-corrected chi connectivity index (χ1v) is 12.4. The van der Waals surface area contributed by atoms with Gasteiger partial charge in [-0.05, 0) is 50.6 Å². The molecule has 2 heterocycles. The van der Waals surface area contributed by atoms with Gasteiger partial charge in [-0.3, -0.25) is 9.69 Å². The fourth-order valence-electron chi connectivity index (χ4n) is 4.06. The molecule has 7 nitrogen and oxygen atoms in total. The molecule has 0 radical (unpaired) electrons. The second kappa shape index (κ2) is 7.72. The largest absolute Gasteiger partial charge is 0.469 e. The number of carbonyl (C=O) groups is 1. The standard InChI is InChI=1S/C18H24FNO6S2/c1-12-3-4-14(19)16(9-12)28(24,25)17-11-27(22,23)10-15(17)20-7-5-13(6-8-20)18(21)26-2/h3-4,9,13,15,17H,5-8,10-11H2,1-2H3/t15-,17-/m0/s1. The molecule has 0 aliphatic carbocycles. The van der Waals surface area contributed by atoms with E-state index in [-0.39, 0.29) is 17.6 Å². The number of carbonyl (C=O) groups excluding carboxylic acids is 1. The maximum Gasteiger partial charge on any atom is 0.308 e. The SMILES string of the molecule is COC(=O)C1CCN([C@H]2CS(=O)(=O)C[C@@H]2S(=O)(=O)c2cc(C)ccc2F)CC1. The average Bonchev–Trinajstić information content (AvgIpc) is 2.99. The Morgan fingerprint density at radius 3 is 2.46 bits per heavy atom. The molecule has 0 amide bonds. The molecule has 2 atom stereocenters. The van der Waals surface area contributed by atoms with Crippen molar-refractivity contribution in [3.05, 3.63) is 29.6 Å². The van der Waals surface area contributed by atoms with Crippen molar-refractivity contribution in [3.8, 4) is 0 Å². The third-order valence-corrected chi connectivity index (χ3v) is 9.73. The number of likely N-dealkylation sites (tertiary alicyclic amines) is 1.